The van der Waals surface area contributed by atoms with Crippen LogP contribution in [0.15, 0.2) is 29.2 Å². The van der Waals surface area contributed by atoms with E-state index in [4.69, 9.17) is 0 Å². The minimum atomic E-state index is -3.93. The minimum Gasteiger partial charge on any atom is -0.326 e. The molecule has 2 fully saturated rings. The summed E-state index contributed by atoms with van der Waals surface area (Å²) in [5.41, 5.74) is 0.471. The molecule has 0 aliphatic carbocycles. The van der Waals surface area contributed by atoms with E-state index in [0.717, 1.165) is 10.6 Å². The fourth-order valence-electron chi connectivity index (χ4n) is 4.31. The maximum absolute atomic E-state index is 13.3. The van der Waals surface area contributed by atoms with Crippen molar-refractivity contribution >= 4 is 37.5 Å². The molecule has 9 nitrogen and oxygen atoms in total. The van der Waals surface area contributed by atoms with Crippen LogP contribution >= 0.6 is 0 Å². The van der Waals surface area contributed by atoms with E-state index in [2.05, 4.69) is 5.32 Å². The molecule has 3 atom stereocenters. The van der Waals surface area contributed by atoms with E-state index in [1.165, 1.54) is 35.5 Å². The van der Waals surface area contributed by atoms with E-state index >= 15 is 0 Å². The normalized spacial score (nSPS) is 25.3. The van der Waals surface area contributed by atoms with Gasteiger partial charge in [-0.25, -0.2) is 21.1 Å². The molecule has 29 heavy (non-hydrogen) atoms. The molecule has 1 aromatic rings. The highest BCUT2D eigenvalue weighted by Crippen LogP contribution is 2.42. The first kappa shape index (κ1) is 21.7. The van der Waals surface area contributed by atoms with E-state index in [0.29, 0.717) is 18.5 Å². The first-order chi connectivity index (χ1) is 13.5. The predicted molar refractivity (Wildman–Crippen MR) is 107 cm³/mol. The number of rotatable bonds is 6. The first-order valence-electron chi connectivity index (χ1n) is 9.41. The van der Waals surface area contributed by atoms with Crippen LogP contribution in [0.3, 0.4) is 0 Å². The van der Waals surface area contributed by atoms with Crippen LogP contribution in [-0.4, -0.2) is 62.1 Å². The Labute approximate surface area is 171 Å². The lowest BCUT2D eigenvalue weighted by molar-refractivity contribution is -0.128. The number of nitrogens with one attached hydrogen (secondary N) is 1. The van der Waals surface area contributed by atoms with Gasteiger partial charge < -0.3 is 5.32 Å². The van der Waals surface area contributed by atoms with Crippen LogP contribution in [0.25, 0.3) is 0 Å². The fourth-order valence-corrected chi connectivity index (χ4v) is 7.20. The molecule has 0 radical (unpaired) electrons. The summed E-state index contributed by atoms with van der Waals surface area (Å²) in [4.78, 5) is 24.0. The predicted octanol–water partition coefficient (Wildman–Crippen LogP) is 0.995. The third-order valence-electron chi connectivity index (χ3n) is 5.36. The highest BCUT2D eigenvalue weighted by Gasteiger charge is 2.58. The molecule has 2 heterocycles. The van der Waals surface area contributed by atoms with Crippen LogP contribution in [0.4, 0.5) is 5.69 Å². The maximum Gasteiger partial charge on any atom is 0.243 e. The highest BCUT2D eigenvalue weighted by molar-refractivity contribution is 7.89. The molecule has 2 aliphatic heterocycles. The molecule has 3 rings (SSSR count). The maximum atomic E-state index is 13.3. The lowest BCUT2D eigenvalue weighted by Gasteiger charge is -2.26. The van der Waals surface area contributed by atoms with Gasteiger partial charge in [0.15, 0.2) is 0 Å². The van der Waals surface area contributed by atoms with E-state index in [1.54, 1.807) is 0 Å². The van der Waals surface area contributed by atoms with Gasteiger partial charge in [-0.1, -0.05) is 13.3 Å². The number of sulfonamides is 2. The van der Waals surface area contributed by atoms with E-state index in [-0.39, 0.29) is 23.8 Å². The summed E-state index contributed by atoms with van der Waals surface area (Å²) in [5, 5.41) is 2.58. The number of amides is 2. The number of carbonyl (C=O) groups excluding carboxylic acids is 2. The number of carbonyl (C=O) groups is 2. The van der Waals surface area contributed by atoms with E-state index in [9.17, 15) is 26.4 Å². The summed E-state index contributed by atoms with van der Waals surface area (Å²) in [6.07, 6.45) is 2.30. The molecule has 2 saturated heterocycles. The van der Waals surface area contributed by atoms with Gasteiger partial charge in [0.1, 0.15) is 0 Å². The first-order valence-corrected chi connectivity index (χ1v) is 12.7. The van der Waals surface area contributed by atoms with Crippen LogP contribution in [0.1, 0.15) is 33.1 Å². The number of fused-ring (bicyclic) bond motifs is 1. The Balaban J connectivity index is 1.96. The second-order valence-corrected chi connectivity index (χ2v) is 11.2. The van der Waals surface area contributed by atoms with Crippen molar-refractivity contribution in [2.45, 2.75) is 50.1 Å². The van der Waals surface area contributed by atoms with Crippen molar-refractivity contribution in [2.24, 2.45) is 5.92 Å². The van der Waals surface area contributed by atoms with Gasteiger partial charge in [-0.3, -0.25) is 9.59 Å². The molecular formula is C18H25N3O6S2. The highest BCUT2D eigenvalue weighted by atomic mass is 32.2. The van der Waals surface area contributed by atoms with Crippen LogP contribution in [0, 0.1) is 5.92 Å². The molecule has 1 N–H and O–H groups in total. The summed E-state index contributed by atoms with van der Waals surface area (Å²) in [5.74, 6) is -1.48. The van der Waals surface area contributed by atoms with Crippen molar-refractivity contribution in [3.05, 3.63) is 24.3 Å². The largest absolute Gasteiger partial charge is 0.326 e. The number of benzene rings is 1. The van der Waals surface area contributed by atoms with Crippen molar-refractivity contribution in [2.75, 3.05) is 18.1 Å². The molecule has 0 aromatic heterocycles. The van der Waals surface area contributed by atoms with Gasteiger partial charge in [0.05, 0.1) is 29.2 Å². The summed E-state index contributed by atoms with van der Waals surface area (Å²) in [6.45, 7) is 3.37. The van der Waals surface area contributed by atoms with Gasteiger partial charge >= 0.3 is 0 Å². The van der Waals surface area contributed by atoms with Crippen LogP contribution in [0.5, 0.6) is 0 Å². The molecule has 0 spiro atoms. The molecular weight excluding hydrogens is 418 g/mol. The monoisotopic (exact) mass is 443 g/mol. The van der Waals surface area contributed by atoms with Crippen molar-refractivity contribution in [1.29, 1.82) is 0 Å². The second kappa shape index (κ2) is 7.69. The van der Waals surface area contributed by atoms with Gasteiger partial charge in [0.25, 0.3) is 0 Å². The average molecular weight is 444 g/mol. The van der Waals surface area contributed by atoms with Crippen molar-refractivity contribution in [3.63, 3.8) is 0 Å². The van der Waals surface area contributed by atoms with E-state index in [1.807, 2.05) is 6.92 Å². The van der Waals surface area contributed by atoms with Gasteiger partial charge in [-0.2, -0.15) is 4.31 Å². The smallest absolute Gasteiger partial charge is 0.243 e. The number of hydrogen-bond acceptors (Lipinski definition) is 6. The zero-order chi connectivity index (χ0) is 21.6. The lowest BCUT2D eigenvalue weighted by atomic mass is 9.95. The topological polar surface area (TPSA) is 121 Å². The molecule has 160 valence electrons. The van der Waals surface area contributed by atoms with Crippen LogP contribution in [0.2, 0.25) is 0 Å². The van der Waals surface area contributed by atoms with Gasteiger partial charge in [0.2, 0.25) is 31.9 Å². The molecule has 11 heteroatoms. The summed E-state index contributed by atoms with van der Waals surface area (Å²) in [7, 11) is -7.72. The number of anilines is 1. The molecule has 2 amide bonds. The summed E-state index contributed by atoms with van der Waals surface area (Å²) < 4.78 is 53.1. The van der Waals surface area contributed by atoms with Crippen molar-refractivity contribution in [3.8, 4) is 0 Å². The molecule has 0 saturated carbocycles. The second-order valence-electron chi connectivity index (χ2n) is 7.46. The van der Waals surface area contributed by atoms with Crippen molar-refractivity contribution in [1.82, 2.24) is 8.61 Å². The SMILES string of the molecule is CCC[C@H]1C(=O)N(S(C)(=O)=O)[C@H]2CCN(S(=O)(=O)c3ccc(NC(C)=O)cc3)[C@H]12. The Kier molecular flexibility index (Phi) is 5.76. The molecule has 2 aliphatic rings. The molecule has 1 aromatic carbocycles. The Morgan fingerprint density at radius 3 is 2.31 bits per heavy atom. The average Bonchev–Trinajstić information content (AvgIpc) is 3.13. The van der Waals surface area contributed by atoms with Crippen LogP contribution < -0.4 is 5.32 Å². The van der Waals surface area contributed by atoms with Gasteiger partial charge in [-0.15, -0.1) is 0 Å². The quantitative estimate of drug-likeness (QED) is 0.700. The Hall–Kier alpha value is -1.98. The lowest BCUT2D eigenvalue weighted by Crippen LogP contribution is -2.43. The standard InChI is InChI=1S/C18H25N3O6S2/c1-4-5-15-17-16(21(18(15)23)28(3,24)25)10-11-20(17)29(26,27)14-8-6-13(7-9-14)19-12(2)22/h6-9,15-17H,4-5,10-11H2,1-3H3,(H,19,22)/t15-,16+,17-/m1/s1. The summed E-state index contributed by atoms with van der Waals surface area (Å²) in [6, 6.07) is 4.39. The van der Waals surface area contributed by atoms with E-state index < -0.39 is 44.0 Å². The Morgan fingerprint density at radius 1 is 1.17 bits per heavy atom. The third-order valence-corrected chi connectivity index (χ3v) is 8.43. The Morgan fingerprint density at radius 2 is 1.79 bits per heavy atom. The number of hydrogen-bond donors (Lipinski definition) is 1. The fraction of sp³-hybridized carbons (Fsp3) is 0.556. The molecule has 0 bridgehead atoms. The van der Waals surface area contributed by atoms with Crippen LogP contribution in [-0.2, 0) is 29.6 Å². The Bertz CT molecular complexity index is 1020. The van der Waals surface area contributed by atoms with Gasteiger partial charge in [-0.05, 0) is 37.1 Å². The van der Waals surface area contributed by atoms with Crippen molar-refractivity contribution < 1.29 is 26.4 Å². The number of nitrogens with zero attached hydrogens (tertiary/aromatic N) is 2. The summed E-state index contributed by atoms with van der Waals surface area (Å²) >= 11 is 0. The zero-order valence-corrected chi connectivity index (χ0v) is 18.2. The zero-order valence-electron chi connectivity index (χ0n) is 16.5. The van der Waals surface area contributed by atoms with Gasteiger partial charge in [0, 0.05) is 19.2 Å². The third kappa shape index (κ3) is 3.90. The minimum absolute atomic E-state index is 0.0350. The molecule has 0 unspecified atom stereocenters.